The topological polar surface area (TPSA) is 113 Å². The van der Waals surface area contributed by atoms with Gasteiger partial charge in [-0.15, -0.1) is 10.2 Å². The lowest BCUT2D eigenvalue weighted by Crippen LogP contribution is -2.68. The van der Waals surface area contributed by atoms with E-state index in [0.29, 0.717) is 0 Å². The van der Waals surface area contributed by atoms with Crippen molar-refractivity contribution >= 4 is 22.9 Å². The molecular formula is C24H19ClO6. The van der Waals surface area contributed by atoms with Crippen molar-refractivity contribution in [2.24, 2.45) is 0 Å². The van der Waals surface area contributed by atoms with Crippen LogP contribution >= 0.6 is 0 Å². The van der Waals surface area contributed by atoms with E-state index in [2.05, 4.69) is 36.4 Å². The third-order valence-electron chi connectivity index (χ3n) is 4.33. The first-order valence-electron chi connectivity index (χ1n) is 9.19. The highest BCUT2D eigenvalue weighted by Gasteiger charge is 2.18. The fourth-order valence-corrected chi connectivity index (χ4v) is 2.95. The summed E-state index contributed by atoms with van der Waals surface area (Å²) in [6, 6.07) is 28.5. The van der Waals surface area contributed by atoms with E-state index in [1.807, 2.05) is 60.7 Å². The van der Waals surface area contributed by atoms with Gasteiger partial charge in [0.15, 0.2) is 0 Å². The second-order valence-electron chi connectivity index (χ2n) is 6.41. The van der Waals surface area contributed by atoms with Crippen molar-refractivity contribution in [1.82, 2.24) is 0 Å². The molecule has 0 spiro atoms. The van der Waals surface area contributed by atoms with Crippen LogP contribution in [0.15, 0.2) is 89.3 Å². The van der Waals surface area contributed by atoms with Crippen molar-refractivity contribution in [3.8, 4) is 17.1 Å². The van der Waals surface area contributed by atoms with Crippen molar-refractivity contribution in [3.63, 3.8) is 0 Å². The maximum absolute atomic E-state index is 8.49. The molecule has 0 aliphatic rings. The molecular weight excluding hydrogens is 420 g/mol. The van der Waals surface area contributed by atoms with Gasteiger partial charge in [-0.2, -0.15) is 0 Å². The summed E-state index contributed by atoms with van der Waals surface area (Å²) in [6.07, 6.45) is 4.10. The van der Waals surface area contributed by atoms with Crippen LogP contribution in [0.3, 0.4) is 0 Å². The molecule has 0 aliphatic carbocycles. The molecule has 4 aromatic rings. The van der Waals surface area contributed by atoms with E-state index in [-0.39, 0.29) is 0 Å². The Morgan fingerprint density at radius 3 is 2.03 bits per heavy atom. The second kappa shape index (κ2) is 10.2. The van der Waals surface area contributed by atoms with Crippen molar-refractivity contribution in [2.75, 3.05) is 7.11 Å². The van der Waals surface area contributed by atoms with Crippen molar-refractivity contribution in [2.45, 2.75) is 0 Å². The quantitative estimate of drug-likeness (QED) is 0.449. The molecule has 0 unspecified atom stereocenters. The summed E-state index contributed by atoms with van der Waals surface area (Å²) in [5, 5.41) is 2.24. The molecule has 6 nitrogen and oxygen atoms in total. The Morgan fingerprint density at radius 2 is 1.39 bits per heavy atom. The van der Waals surface area contributed by atoms with Gasteiger partial charge >= 0.3 is 11.5 Å². The Bertz CT molecular complexity index is 1150. The summed E-state index contributed by atoms with van der Waals surface area (Å²) in [7, 11) is -3.28. The molecule has 0 bridgehead atoms. The first-order chi connectivity index (χ1) is 14.8. The minimum absolute atomic E-state index is 0.832. The summed E-state index contributed by atoms with van der Waals surface area (Å²) in [4.78, 5) is 0. The Labute approximate surface area is 181 Å². The van der Waals surface area contributed by atoms with Crippen LogP contribution in [0.1, 0.15) is 11.3 Å². The van der Waals surface area contributed by atoms with Crippen molar-refractivity contribution in [3.05, 3.63) is 96.3 Å². The zero-order valence-corrected chi connectivity index (χ0v) is 17.3. The Hall–Kier alpha value is -3.26. The number of benzene rings is 3. The maximum atomic E-state index is 8.49. The van der Waals surface area contributed by atoms with Gasteiger partial charge in [0, 0.05) is 11.5 Å². The summed E-state index contributed by atoms with van der Waals surface area (Å²) in [6.45, 7) is 0. The average molecular weight is 439 g/mol. The molecule has 158 valence electrons. The molecule has 7 heteroatoms. The number of rotatable bonds is 4. The molecule has 31 heavy (non-hydrogen) atoms. The number of fused-ring (bicyclic) bond motifs is 1. The zero-order valence-electron chi connectivity index (χ0n) is 16.6. The maximum Gasteiger partial charge on any atom is 0.361 e. The minimum Gasteiger partial charge on any atom is -0.497 e. The molecule has 0 amide bonds. The summed E-state index contributed by atoms with van der Waals surface area (Å²) in [5.41, 5.74) is 2.16. The SMILES string of the molecule is COc1ccc(-c2cc3ccccc3c(/C=C/c3ccccc3)[o+]2)cc1.[O-][Cl+3]([O-])([O-])[O-]. The van der Waals surface area contributed by atoms with E-state index in [1.54, 1.807) is 7.11 Å². The molecule has 0 radical (unpaired) electrons. The first kappa shape index (κ1) is 22.4. The lowest BCUT2D eigenvalue weighted by molar-refractivity contribution is -2.00. The molecule has 1 heterocycles. The van der Waals surface area contributed by atoms with Crippen molar-refractivity contribution < 1.29 is 38.0 Å². The Balaban J connectivity index is 0.000000491. The normalized spacial score (nSPS) is 11.3. The molecule has 3 aromatic carbocycles. The van der Waals surface area contributed by atoms with E-state index in [0.717, 1.165) is 39.2 Å². The molecule has 0 aliphatic heterocycles. The molecule has 4 rings (SSSR count). The van der Waals surface area contributed by atoms with Gasteiger partial charge in [0.05, 0.1) is 24.1 Å². The van der Waals surface area contributed by atoms with Gasteiger partial charge in [-0.05, 0) is 42.0 Å². The van der Waals surface area contributed by atoms with Gasteiger partial charge in [0.25, 0.3) is 0 Å². The minimum atomic E-state index is -4.94. The largest absolute Gasteiger partial charge is 0.497 e. The Kier molecular flexibility index (Phi) is 7.36. The van der Waals surface area contributed by atoms with Gasteiger partial charge < -0.3 is 4.74 Å². The molecule has 1 aromatic heterocycles. The third kappa shape index (κ3) is 6.89. The van der Waals surface area contributed by atoms with Crippen LogP contribution in [0, 0.1) is 10.2 Å². The van der Waals surface area contributed by atoms with Crippen LogP contribution in [0.2, 0.25) is 0 Å². The fraction of sp³-hybridized carbons (Fsp3) is 0.0417. The number of halogens is 1. The Morgan fingerprint density at radius 1 is 0.774 bits per heavy atom. The van der Waals surface area contributed by atoms with Crippen LogP contribution < -0.4 is 23.4 Å². The molecule has 0 saturated heterocycles. The number of methoxy groups -OCH3 is 1. The highest BCUT2D eigenvalue weighted by Crippen LogP contribution is 2.30. The highest BCUT2D eigenvalue weighted by atomic mass is 35.7. The van der Waals surface area contributed by atoms with E-state index < -0.39 is 10.2 Å². The zero-order chi connectivity index (χ0) is 22.3. The van der Waals surface area contributed by atoms with Gasteiger partial charge in [0.1, 0.15) is 5.75 Å². The van der Waals surface area contributed by atoms with Gasteiger partial charge in [-0.3, -0.25) is 0 Å². The molecule has 0 atom stereocenters. The highest BCUT2D eigenvalue weighted by molar-refractivity contribution is 5.92. The monoisotopic (exact) mass is 438 g/mol. The predicted octanol–water partition coefficient (Wildman–Crippen LogP) is 1.80. The molecule has 0 fully saturated rings. The molecule has 0 N–H and O–H groups in total. The fourth-order valence-electron chi connectivity index (χ4n) is 2.95. The predicted molar refractivity (Wildman–Crippen MR) is 108 cm³/mol. The number of ether oxygens (including phenoxy) is 1. The van der Waals surface area contributed by atoms with Gasteiger partial charge in [-0.25, -0.2) is 23.1 Å². The average Bonchev–Trinajstić information content (AvgIpc) is 2.77. The number of hydrogen-bond acceptors (Lipinski definition) is 5. The van der Waals surface area contributed by atoms with E-state index >= 15 is 0 Å². The summed E-state index contributed by atoms with van der Waals surface area (Å²) >= 11 is 0. The lowest BCUT2D eigenvalue weighted by Gasteiger charge is -2.17. The first-order valence-corrected chi connectivity index (χ1v) is 10.4. The van der Waals surface area contributed by atoms with Crippen LogP contribution in [0.5, 0.6) is 5.75 Å². The smallest absolute Gasteiger partial charge is 0.361 e. The molecule has 0 saturated carbocycles. The van der Waals surface area contributed by atoms with Crippen molar-refractivity contribution in [1.29, 1.82) is 0 Å². The lowest BCUT2D eigenvalue weighted by atomic mass is 10.1. The van der Waals surface area contributed by atoms with Crippen LogP contribution in [-0.4, -0.2) is 7.11 Å². The summed E-state index contributed by atoms with van der Waals surface area (Å²) in [5.74, 6) is 2.51. The number of hydrogen-bond donors (Lipinski definition) is 0. The standard InChI is InChI=1S/C24H19O2.ClHO4/c1-25-21-14-12-19(13-15-21)24-17-20-9-5-6-10-22(20)23(26-24)16-11-18-7-3-2-4-8-18;2-1(3,4)5/h2-17H,1H3;(H,2,3,4,5)/q+1;/p-1/b16-11+;. The van der Waals surface area contributed by atoms with E-state index in [9.17, 15) is 0 Å². The van der Waals surface area contributed by atoms with Gasteiger partial charge in [-0.1, -0.05) is 48.5 Å². The van der Waals surface area contributed by atoms with Crippen LogP contribution in [0.4, 0.5) is 0 Å². The van der Waals surface area contributed by atoms with Crippen LogP contribution in [0.25, 0.3) is 34.2 Å². The van der Waals surface area contributed by atoms with E-state index in [4.69, 9.17) is 27.8 Å². The van der Waals surface area contributed by atoms with Crippen LogP contribution in [-0.2, 0) is 0 Å². The third-order valence-corrected chi connectivity index (χ3v) is 4.33. The summed E-state index contributed by atoms with van der Waals surface area (Å²) < 4.78 is 45.5. The van der Waals surface area contributed by atoms with Gasteiger partial charge in [0.2, 0.25) is 0 Å². The van der Waals surface area contributed by atoms with E-state index in [1.165, 1.54) is 0 Å². The second-order valence-corrected chi connectivity index (χ2v) is 7.17.